The minimum Gasteiger partial charge on any atom is -0.361 e. The van der Waals surface area contributed by atoms with Crippen LogP contribution in [0.2, 0.25) is 0 Å². The van der Waals surface area contributed by atoms with Gasteiger partial charge in [-0.05, 0) is 54.1 Å². The van der Waals surface area contributed by atoms with Gasteiger partial charge in [0.25, 0.3) is 0 Å². The first-order valence-electron chi connectivity index (χ1n) is 7.47. The van der Waals surface area contributed by atoms with Gasteiger partial charge < -0.3 is 10.3 Å². The van der Waals surface area contributed by atoms with Crippen LogP contribution < -0.4 is 5.32 Å². The molecule has 5 nitrogen and oxygen atoms in total. The predicted octanol–water partition coefficient (Wildman–Crippen LogP) is 3.02. The Morgan fingerprint density at radius 1 is 1.18 bits per heavy atom. The fraction of sp³-hybridized carbons (Fsp3) is 0.235. The first-order valence-corrected chi connectivity index (χ1v) is 7.47. The highest BCUT2D eigenvalue weighted by Crippen LogP contribution is 2.38. The van der Waals surface area contributed by atoms with Crippen LogP contribution in [0, 0.1) is 0 Å². The number of fused-ring (bicyclic) bond motifs is 1. The number of rotatable bonds is 4. The van der Waals surface area contributed by atoms with Crippen molar-refractivity contribution in [2.75, 3.05) is 5.32 Å². The van der Waals surface area contributed by atoms with Crippen LogP contribution in [-0.2, 0) is 11.2 Å². The molecule has 22 heavy (non-hydrogen) atoms. The summed E-state index contributed by atoms with van der Waals surface area (Å²) in [6.07, 6.45) is 4.61. The molecule has 0 atom stereocenters. The highest BCUT2D eigenvalue weighted by molar-refractivity contribution is 5.92. The molecule has 3 aromatic rings. The Balaban J connectivity index is 1.42. The third-order valence-corrected chi connectivity index (χ3v) is 3.93. The minimum atomic E-state index is -0.0802. The molecular weight excluding hydrogens is 276 g/mol. The predicted molar refractivity (Wildman–Crippen MR) is 84.6 cm³/mol. The second-order valence-electron chi connectivity index (χ2n) is 5.74. The zero-order valence-electron chi connectivity index (χ0n) is 12.0. The molecule has 1 aliphatic carbocycles. The van der Waals surface area contributed by atoms with Crippen LogP contribution in [0.3, 0.4) is 0 Å². The van der Waals surface area contributed by atoms with Crippen molar-refractivity contribution in [3.05, 3.63) is 53.9 Å². The van der Waals surface area contributed by atoms with Gasteiger partial charge in [-0.15, -0.1) is 5.10 Å². The molecule has 1 aromatic carbocycles. The zero-order valence-corrected chi connectivity index (χ0v) is 12.0. The number of H-pyrrole nitrogens is 1. The van der Waals surface area contributed by atoms with Crippen LogP contribution in [0.25, 0.3) is 10.9 Å². The van der Waals surface area contributed by atoms with Crippen LogP contribution >= 0.6 is 0 Å². The maximum atomic E-state index is 12.1. The Morgan fingerprint density at radius 2 is 2.09 bits per heavy atom. The van der Waals surface area contributed by atoms with Gasteiger partial charge in [-0.1, -0.05) is 6.07 Å². The number of aromatic nitrogens is 3. The van der Waals surface area contributed by atoms with E-state index in [1.165, 1.54) is 12.8 Å². The molecule has 0 unspecified atom stereocenters. The maximum absolute atomic E-state index is 12.1. The zero-order chi connectivity index (χ0) is 14.9. The SMILES string of the molecule is O=C(Cc1ccc2[nH]ccc2c1)Nc1ccc(C2CC2)nn1. The van der Waals surface area contributed by atoms with Gasteiger partial charge in [0.1, 0.15) is 0 Å². The summed E-state index contributed by atoms with van der Waals surface area (Å²) < 4.78 is 0. The van der Waals surface area contributed by atoms with Crippen molar-refractivity contribution in [3.63, 3.8) is 0 Å². The van der Waals surface area contributed by atoms with E-state index in [4.69, 9.17) is 0 Å². The molecule has 0 spiro atoms. The quantitative estimate of drug-likeness (QED) is 0.776. The lowest BCUT2D eigenvalue weighted by Gasteiger charge is -2.05. The molecule has 0 radical (unpaired) electrons. The molecule has 0 bridgehead atoms. The third kappa shape index (κ3) is 2.70. The summed E-state index contributed by atoms with van der Waals surface area (Å²) in [6.45, 7) is 0. The maximum Gasteiger partial charge on any atom is 0.229 e. The minimum absolute atomic E-state index is 0.0802. The number of amides is 1. The van der Waals surface area contributed by atoms with Crippen molar-refractivity contribution >= 4 is 22.6 Å². The Morgan fingerprint density at radius 3 is 2.86 bits per heavy atom. The molecule has 5 heteroatoms. The number of carbonyl (C=O) groups is 1. The van der Waals surface area contributed by atoms with E-state index in [1.807, 2.05) is 42.6 Å². The van der Waals surface area contributed by atoms with Crippen LogP contribution in [0.15, 0.2) is 42.6 Å². The van der Waals surface area contributed by atoms with Crippen molar-refractivity contribution in [2.24, 2.45) is 0 Å². The number of nitrogens with zero attached hydrogens (tertiary/aromatic N) is 2. The van der Waals surface area contributed by atoms with E-state index in [2.05, 4.69) is 20.5 Å². The highest BCUT2D eigenvalue weighted by atomic mass is 16.1. The summed E-state index contributed by atoms with van der Waals surface area (Å²) in [7, 11) is 0. The molecule has 2 heterocycles. The van der Waals surface area contributed by atoms with Gasteiger partial charge in [0.15, 0.2) is 5.82 Å². The summed E-state index contributed by atoms with van der Waals surface area (Å²) in [6, 6.07) is 11.7. The van der Waals surface area contributed by atoms with Crippen LogP contribution in [0.5, 0.6) is 0 Å². The normalized spacial score (nSPS) is 14.2. The van der Waals surface area contributed by atoms with Gasteiger partial charge in [0.2, 0.25) is 5.91 Å². The van der Waals surface area contributed by atoms with Crippen molar-refractivity contribution in [1.82, 2.24) is 15.2 Å². The molecule has 1 amide bonds. The van der Waals surface area contributed by atoms with Gasteiger partial charge >= 0.3 is 0 Å². The lowest BCUT2D eigenvalue weighted by Crippen LogP contribution is -2.15. The summed E-state index contributed by atoms with van der Waals surface area (Å²) in [5.41, 5.74) is 3.08. The number of benzene rings is 1. The molecule has 110 valence electrons. The molecule has 1 saturated carbocycles. The van der Waals surface area contributed by atoms with Gasteiger partial charge in [0.05, 0.1) is 12.1 Å². The third-order valence-electron chi connectivity index (χ3n) is 3.93. The van der Waals surface area contributed by atoms with Crippen molar-refractivity contribution in [3.8, 4) is 0 Å². The van der Waals surface area contributed by atoms with E-state index in [0.717, 1.165) is 22.2 Å². The lowest BCUT2D eigenvalue weighted by molar-refractivity contribution is -0.115. The largest absolute Gasteiger partial charge is 0.361 e. The van der Waals surface area contributed by atoms with E-state index in [-0.39, 0.29) is 5.91 Å². The summed E-state index contributed by atoms with van der Waals surface area (Å²) in [5.74, 6) is 1.01. The van der Waals surface area contributed by atoms with E-state index in [0.29, 0.717) is 18.2 Å². The first kappa shape index (κ1) is 13.0. The van der Waals surface area contributed by atoms with E-state index < -0.39 is 0 Å². The fourth-order valence-corrected chi connectivity index (χ4v) is 2.59. The number of aromatic amines is 1. The van der Waals surface area contributed by atoms with Crippen molar-refractivity contribution < 1.29 is 4.79 Å². The number of carbonyl (C=O) groups excluding carboxylic acids is 1. The molecular formula is C17H16N4O. The topological polar surface area (TPSA) is 70.7 Å². The lowest BCUT2D eigenvalue weighted by atomic mass is 10.1. The molecule has 1 fully saturated rings. The fourth-order valence-electron chi connectivity index (χ4n) is 2.59. The molecule has 1 aliphatic rings. The van der Waals surface area contributed by atoms with Crippen LogP contribution in [-0.4, -0.2) is 21.1 Å². The van der Waals surface area contributed by atoms with E-state index in [1.54, 1.807) is 0 Å². The van der Waals surface area contributed by atoms with Gasteiger partial charge in [-0.2, -0.15) is 5.10 Å². The second kappa shape index (κ2) is 5.26. The Hall–Kier alpha value is -2.69. The summed E-state index contributed by atoms with van der Waals surface area (Å²) in [4.78, 5) is 15.2. The number of hydrogen-bond donors (Lipinski definition) is 2. The van der Waals surface area contributed by atoms with Crippen LogP contribution in [0.1, 0.15) is 30.0 Å². The monoisotopic (exact) mass is 292 g/mol. The van der Waals surface area contributed by atoms with Gasteiger partial charge in [-0.25, -0.2) is 0 Å². The average molecular weight is 292 g/mol. The molecule has 0 aliphatic heterocycles. The Bertz CT molecular complexity index is 818. The summed E-state index contributed by atoms with van der Waals surface area (Å²) in [5, 5.41) is 12.2. The Labute approximate surface area is 127 Å². The van der Waals surface area contributed by atoms with Crippen molar-refractivity contribution in [1.29, 1.82) is 0 Å². The van der Waals surface area contributed by atoms with Crippen molar-refractivity contribution in [2.45, 2.75) is 25.2 Å². The summed E-state index contributed by atoms with van der Waals surface area (Å²) >= 11 is 0. The first-order chi connectivity index (χ1) is 10.8. The molecule has 4 rings (SSSR count). The Kier molecular flexibility index (Phi) is 3.11. The van der Waals surface area contributed by atoms with E-state index >= 15 is 0 Å². The van der Waals surface area contributed by atoms with E-state index in [9.17, 15) is 4.79 Å². The van der Waals surface area contributed by atoms with Crippen LogP contribution in [0.4, 0.5) is 5.82 Å². The number of anilines is 1. The smallest absolute Gasteiger partial charge is 0.229 e. The number of nitrogens with one attached hydrogen (secondary N) is 2. The highest BCUT2D eigenvalue weighted by Gasteiger charge is 2.25. The number of hydrogen-bond acceptors (Lipinski definition) is 3. The standard InChI is InChI=1S/C17H16N4O/c22-17(10-11-1-4-14-13(9-11)7-8-18-14)19-16-6-5-15(20-21-16)12-2-3-12/h1,4-9,12,18H,2-3,10H2,(H,19,21,22). The molecule has 0 saturated heterocycles. The molecule has 2 aromatic heterocycles. The molecule has 2 N–H and O–H groups in total. The van der Waals surface area contributed by atoms with Gasteiger partial charge in [-0.3, -0.25) is 4.79 Å². The second-order valence-corrected chi connectivity index (χ2v) is 5.74. The van der Waals surface area contributed by atoms with Gasteiger partial charge in [0, 0.05) is 17.6 Å². The average Bonchev–Trinajstić information content (AvgIpc) is 3.26.